The van der Waals surface area contributed by atoms with Gasteiger partial charge >= 0.3 is 0 Å². The van der Waals surface area contributed by atoms with Crippen LogP contribution < -0.4 is 20.1 Å². The Balaban J connectivity index is 2.10. The van der Waals surface area contributed by atoms with Crippen LogP contribution in [0.4, 0.5) is 5.69 Å². The summed E-state index contributed by atoms with van der Waals surface area (Å²) in [5.41, 5.74) is 2.01. The summed E-state index contributed by atoms with van der Waals surface area (Å²) in [7, 11) is 3.16. The molecule has 2 amide bonds. The van der Waals surface area contributed by atoms with Crippen molar-refractivity contribution < 1.29 is 19.1 Å². The second-order valence-corrected chi connectivity index (χ2v) is 5.56. The van der Waals surface area contributed by atoms with Gasteiger partial charge in [-0.15, -0.1) is 0 Å². The van der Waals surface area contributed by atoms with E-state index in [2.05, 4.69) is 10.6 Å². The zero-order valence-electron chi connectivity index (χ0n) is 14.8. The minimum absolute atomic E-state index is 0.155. The predicted octanol–water partition coefficient (Wildman–Crippen LogP) is 3.15. The van der Waals surface area contributed by atoms with Gasteiger partial charge in [-0.1, -0.05) is 0 Å². The maximum atomic E-state index is 12.4. The van der Waals surface area contributed by atoms with Gasteiger partial charge in [0, 0.05) is 29.8 Å². The van der Waals surface area contributed by atoms with Crippen LogP contribution in [0.1, 0.15) is 35.8 Å². The van der Waals surface area contributed by atoms with Crippen molar-refractivity contribution in [2.45, 2.75) is 19.9 Å². The molecule has 0 saturated carbocycles. The Bertz CT molecular complexity index is 757. The minimum Gasteiger partial charge on any atom is -0.497 e. The van der Waals surface area contributed by atoms with Crippen molar-refractivity contribution in [1.29, 1.82) is 0 Å². The first kappa shape index (κ1) is 18.3. The van der Waals surface area contributed by atoms with Crippen molar-refractivity contribution in [3.8, 4) is 11.5 Å². The van der Waals surface area contributed by atoms with Crippen molar-refractivity contribution in [2.24, 2.45) is 0 Å². The molecular weight excluding hydrogens is 320 g/mol. The molecular formula is C19H22N2O4. The first-order valence-corrected chi connectivity index (χ1v) is 7.85. The highest BCUT2D eigenvalue weighted by Gasteiger charge is 2.16. The summed E-state index contributed by atoms with van der Waals surface area (Å²) in [4.78, 5) is 23.4. The van der Waals surface area contributed by atoms with Crippen molar-refractivity contribution in [3.63, 3.8) is 0 Å². The van der Waals surface area contributed by atoms with Crippen molar-refractivity contribution in [2.75, 3.05) is 19.5 Å². The summed E-state index contributed by atoms with van der Waals surface area (Å²) in [6, 6.07) is 11.9. The highest BCUT2D eigenvalue weighted by Crippen LogP contribution is 2.29. The number of methoxy groups -OCH3 is 2. The van der Waals surface area contributed by atoms with Gasteiger partial charge in [-0.3, -0.25) is 9.59 Å². The van der Waals surface area contributed by atoms with Crippen LogP contribution in [0.3, 0.4) is 0 Å². The van der Waals surface area contributed by atoms with Crippen LogP contribution in [0.15, 0.2) is 42.5 Å². The third-order valence-corrected chi connectivity index (χ3v) is 3.72. The first-order chi connectivity index (χ1) is 11.9. The third-order valence-electron chi connectivity index (χ3n) is 3.72. The molecule has 6 nitrogen and oxygen atoms in total. The van der Waals surface area contributed by atoms with Gasteiger partial charge in [0.25, 0.3) is 5.91 Å². The molecule has 0 saturated heterocycles. The van der Waals surface area contributed by atoms with Gasteiger partial charge in [-0.25, -0.2) is 0 Å². The van der Waals surface area contributed by atoms with Crippen LogP contribution in [-0.4, -0.2) is 26.0 Å². The zero-order chi connectivity index (χ0) is 18.4. The molecule has 0 aliphatic heterocycles. The van der Waals surface area contributed by atoms with Gasteiger partial charge in [0.15, 0.2) is 0 Å². The number of hydrogen-bond acceptors (Lipinski definition) is 4. The predicted molar refractivity (Wildman–Crippen MR) is 96.2 cm³/mol. The smallest absolute Gasteiger partial charge is 0.251 e. The highest BCUT2D eigenvalue weighted by molar-refractivity contribution is 5.95. The molecule has 2 aromatic rings. The van der Waals surface area contributed by atoms with Gasteiger partial charge in [-0.05, 0) is 43.3 Å². The van der Waals surface area contributed by atoms with Gasteiger partial charge in [-0.2, -0.15) is 0 Å². The third kappa shape index (κ3) is 4.73. The second-order valence-electron chi connectivity index (χ2n) is 5.56. The standard InChI is InChI=1S/C19H22N2O4/c1-12(17-10-9-16(24-3)11-18(17)25-4)20-19(23)14-5-7-15(8-6-14)21-13(2)22/h5-12H,1-4H3,(H,20,23)(H,21,22). The van der Waals surface area contributed by atoms with Gasteiger partial charge in [0.2, 0.25) is 5.91 Å². The monoisotopic (exact) mass is 342 g/mol. The number of amides is 2. The number of carbonyl (C=O) groups excluding carboxylic acids is 2. The molecule has 0 radical (unpaired) electrons. The zero-order valence-corrected chi connectivity index (χ0v) is 14.8. The average Bonchev–Trinajstić information content (AvgIpc) is 2.61. The lowest BCUT2D eigenvalue weighted by molar-refractivity contribution is -0.114. The molecule has 1 unspecified atom stereocenters. The lowest BCUT2D eigenvalue weighted by Gasteiger charge is -2.18. The SMILES string of the molecule is COc1ccc(C(C)NC(=O)c2ccc(NC(C)=O)cc2)c(OC)c1. The Labute approximate surface area is 147 Å². The van der Waals surface area contributed by atoms with E-state index in [0.29, 0.717) is 22.7 Å². The number of hydrogen-bond donors (Lipinski definition) is 2. The molecule has 0 aromatic heterocycles. The van der Waals surface area contributed by atoms with E-state index >= 15 is 0 Å². The maximum Gasteiger partial charge on any atom is 0.251 e. The van der Waals surface area contributed by atoms with Crippen molar-refractivity contribution in [3.05, 3.63) is 53.6 Å². The fourth-order valence-electron chi connectivity index (χ4n) is 2.44. The molecule has 2 rings (SSSR count). The van der Waals surface area contributed by atoms with E-state index < -0.39 is 0 Å². The van der Waals surface area contributed by atoms with Crippen molar-refractivity contribution in [1.82, 2.24) is 5.32 Å². The Morgan fingerprint density at radius 2 is 1.68 bits per heavy atom. The lowest BCUT2D eigenvalue weighted by atomic mass is 10.1. The van der Waals surface area contributed by atoms with E-state index in [1.807, 2.05) is 19.1 Å². The van der Waals surface area contributed by atoms with E-state index in [4.69, 9.17) is 9.47 Å². The van der Waals surface area contributed by atoms with Crippen LogP contribution in [0.25, 0.3) is 0 Å². The highest BCUT2D eigenvalue weighted by atomic mass is 16.5. The van der Waals surface area contributed by atoms with Gasteiger partial charge in [0.05, 0.1) is 20.3 Å². The van der Waals surface area contributed by atoms with Crippen LogP contribution in [0.5, 0.6) is 11.5 Å². The fourth-order valence-corrected chi connectivity index (χ4v) is 2.44. The molecule has 2 N–H and O–H groups in total. The molecule has 2 aromatic carbocycles. The molecule has 0 spiro atoms. The molecule has 25 heavy (non-hydrogen) atoms. The Hall–Kier alpha value is -3.02. The molecule has 0 heterocycles. The van der Waals surface area contributed by atoms with Crippen LogP contribution in [0.2, 0.25) is 0 Å². The Morgan fingerprint density at radius 3 is 2.24 bits per heavy atom. The Kier molecular flexibility index (Phi) is 6.00. The van der Waals surface area contributed by atoms with E-state index in [1.165, 1.54) is 6.92 Å². The molecule has 0 aliphatic rings. The molecule has 132 valence electrons. The summed E-state index contributed by atoms with van der Waals surface area (Å²) in [6.45, 7) is 3.32. The number of anilines is 1. The lowest BCUT2D eigenvalue weighted by Crippen LogP contribution is -2.27. The molecule has 6 heteroatoms. The van der Waals surface area contributed by atoms with Crippen molar-refractivity contribution >= 4 is 17.5 Å². The minimum atomic E-state index is -0.247. The molecule has 0 aliphatic carbocycles. The van der Waals surface area contributed by atoms with E-state index in [-0.39, 0.29) is 17.9 Å². The molecule has 0 bridgehead atoms. The summed E-state index contributed by atoms with van der Waals surface area (Å²) in [5, 5.41) is 5.60. The molecule has 1 atom stereocenters. The first-order valence-electron chi connectivity index (χ1n) is 7.85. The summed E-state index contributed by atoms with van der Waals surface area (Å²) >= 11 is 0. The normalized spacial score (nSPS) is 11.4. The van der Waals surface area contributed by atoms with Crippen LogP contribution in [-0.2, 0) is 4.79 Å². The fraction of sp³-hybridized carbons (Fsp3) is 0.263. The number of ether oxygens (including phenoxy) is 2. The number of benzene rings is 2. The number of nitrogens with one attached hydrogen (secondary N) is 2. The van der Waals surface area contributed by atoms with Gasteiger partial charge in [0.1, 0.15) is 11.5 Å². The van der Waals surface area contributed by atoms with Gasteiger partial charge < -0.3 is 20.1 Å². The topological polar surface area (TPSA) is 76.7 Å². The van der Waals surface area contributed by atoms with E-state index in [1.54, 1.807) is 44.6 Å². The summed E-state index contributed by atoms with van der Waals surface area (Å²) in [6.07, 6.45) is 0. The van der Waals surface area contributed by atoms with E-state index in [0.717, 1.165) is 5.56 Å². The average molecular weight is 342 g/mol. The summed E-state index contributed by atoms with van der Waals surface area (Å²) < 4.78 is 10.6. The number of carbonyl (C=O) groups is 2. The van der Waals surface area contributed by atoms with Crippen LogP contribution in [0, 0.1) is 0 Å². The van der Waals surface area contributed by atoms with E-state index in [9.17, 15) is 9.59 Å². The quantitative estimate of drug-likeness (QED) is 0.845. The largest absolute Gasteiger partial charge is 0.497 e. The second kappa shape index (κ2) is 8.19. The molecule has 0 fully saturated rings. The number of rotatable bonds is 6. The summed E-state index contributed by atoms with van der Waals surface area (Å²) in [5.74, 6) is 0.970. The Morgan fingerprint density at radius 1 is 1.00 bits per heavy atom. The maximum absolute atomic E-state index is 12.4. The van der Waals surface area contributed by atoms with Crippen LogP contribution >= 0.6 is 0 Å².